The van der Waals surface area contributed by atoms with Crippen molar-refractivity contribution in [3.8, 4) is 0 Å². The van der Waals surface area contributed by atoms with Crippen LogP contribution in [0.1, 0.15) is 20.3 Å². The van der Waals surface area contributed by atoms with Crippen LogP contribution in [0.15, 0.2) is 0 Å². The second-order valence-corrected chi connectivity index (χ2v) is 7.33. The average Bonchev–Trinajstić information content (AvgIpc) is 2.34. The van der Waals surface area contributed by atoms with Gasteiger partial charge in [0.25, 0.3) is 0 Å². The van der Waals surface area contributed by atoms with Gasteiger partial charge in [-0.05, 0) is 13.8 Å². The van der Waals surface area contributed by atoms with Crippen LogP contribution in [0.25, 0.3) is 0 Å². The Balaban J connectivity index is 6.17. The third-order valence-electron chi connectivity index (χ3n) is 3.20. The van der Waals surface area contributed by atoms with Crippen LogP contribution >= 0.6 is 22.6 Å². The van der Waals surface area contributed by atoms with Crippen molar-refractivity contribution in [3.63, 3.8) is 0 Å². The Kier molecular flexibility index (Phi) is 6.63. The Morgan fingerprint density at radius 2 is 0.962 bits per heavy atom. The van der Waals surface area contributed by atoms with E-state index in [4.69, 9.17) is 0 Å². The first kappa shape index (κ1) is 25.8. The molecule has 0 bridgehead atoms. The van der Waals surface area contributed by atoms with Crippen molar-refractivity contribution in [1.29, 1.82) is 0 Å². The second kappa shape index (κ2) is 6.69. The molecular formula is C11H10F13IO. The highest BCUT2D eigenvalue weighted by atomic mass is 127. The molecule has 26 heavy (non-hydrogen) atoms. The molecule has 158 valence electrons. The van der Waals surface area contributed by atoms with Crippen molar-refractivity contribution in [3.05, 3.63) is 0 Å². The molecule has 0 rings (SSSR count). The fourth-order valence-electron chi connectivity index (χ4n) is 1.41. The van der Waals surface area contributed by atoms with E-state index in [-0.39, 0.29) is 0 Å². The molecule has 1 atom stereocenters. The van der Waals surface area contributed by atoms with Crippen molar-refractivity contribution < 1.29 is 62.2 Å². The van der Waals surface area contributed by atoms with E-state index < -0.39 is 51.7 Å². The summed E-state index contributed by atoms with van der Waals surface area (Å²) in [6.07, 6.45) is -9.85. The van der Waals surface area contributed by atoms with Gasteiger partial charge in [0, 0.05) is 10.3 Å². The van der Waals surface area contributed by atoms with Crippen molar-refractivity contribution >= 4 is 22.6 Å². The molecule has 0 radical (unpaired) electrons. The highest BCUT2D eigenvalue weighted by Crippen LogP contribution is 2.61. The average molecular weight is 532 g/mol. The molecule has 1 N–H and O–H groups in total. The van der Waals surface area contributed by atoms with Crippen molar-refractivity contribution in [1.82, 2.24) is 0 Å². The SMILES string of the molecule is CC(C)(O)C(I)CC(F)(F)C(F)(F)C(F)(F)C(F)(F)C(F)(F)C(F)(F)F. The van der Waals surface area contributed by atoms with E-state index in [2.05, 4.69) is 0 Å². The maximum absolute atomic E-state index is 13.5. The van der Waals surface area contributed by atoms with Crippen LogP contribution in [0, 0.1) is 0 Å². The Labute approximate surface area is 151 Å². The molecule has 1 nitrogen and oxygen atoms in total. The molecule has 0 aromatic heterocycles. The third-order valence-corrected chi connectivity index (χ3v) is 5.17. The van der Waals surface area contributed by atoms with Gasteiger partial charge in [-0.25, -0.2) is 0 Å². The Hall–Kier alpha value is -0.220. The monoisotopic (exact) mass is 532 g/mol. The van der Waals surface area contributed by atoms with Gasteiger partial charge in [-0.2, -0.15) is 57.1 Å². The maximum atomic E-state index is 13.5. The Morgan fingerprint density at radius 3 is 1.23 bits per heavy atom. The van der Waals surface area contributed by atoms with Crippen molar-refractivity contribution in [2.45, 2.75) is 65.6 Å². The molecule has 0 heterocycles. The lowest BCUT2D eigenvalue weighted by atomic mass is 9.89. The molecule has 0 aliphatic carbocycles. The zero-order valence-electron chi connectivity index (χ0n) is 12.5. The van der Waals surface area contributed by atoms with Crippen LogP contribution in [-0.2, 0) is 0 Å². The van der Waals surface area contributed by atoms with Crippen LogP contribution in [0.4, 0.5) is 57.1 Å². The number of hydrogen-bond acceptors (Lipinski definition) is 1. The minimum atomic E-state index is -7.90. The number of alkyl halides is 14. The molecule has 1 unspecified atom stereocenters. The van der Waals surface area contributed by atoms with Crippen molar-refractivity contribution in [2.24, 2.45) is 0 Å². The van der Waals surface area contributed by atoms with E-state index >= 15 is 0 Å². The van der Waals surface area contributed by atoms with Gasteiger partial charge in [0.15, 0.2) is 0 Å². The number of aliphatic hydroxyl groups is 1. The summed E-state index contributed by atoms with van der Waals surface area (Å²) in [5, 5.41) is 9.32. The molecule has 0 amide bonds. The number of rotatable bonds is 7. The van der Waals surface area contributed by atoms with Gasteiger partial charge in [0.2, 0.25) is 0 Å². The summed E-state index contributed by atoms with van der Waals surface area (Å²) in [5.74, 6) is -36.9. The van der Waals surface area contributed by atoms with Gasteiger partial charge in [0.05, 0.1) is 5.60 Å². The van der Waals surface area contributed by atoms with Gasteiger partial charge in [-0.1, -0.05) is 22.6 Å². The first-order valence-electron chi connectivity index (χ1n) is 6.20. The summed E-state index contributed by atoms with van der Waals surface area (Å²) in [6.45, 7) is 1.51. The van der Waals surface area contributed by atoms with Crippen molar-refractivity contribution in [2.75, 3.05) is 0 Å². The molecule has 0 aliphatic heterocycles. The summed E-state index contributed by atoms with van der Waals surface area (Å²) in [4.78, 5) is 0. The first-order valence-corrected chi connectivity index (χ1v) is 7.44. The highest BCUT2D eigenvalue weighted by molar-refractivity contribution is 14.1. The van der Waals surface area contributed by atoms with E-state index in [1.165, 1.54) is 0 Å². The van der Waals surface area contributed by atoms with Crippen LogP contribution in [0.3, 0.4) is 0 Å². The van der Waals surface area contributed by atoms with E-state index in [1.54, 1.807) is 0 Å². The predicted octanol–water partition coefficient (Wildman–Crippen LogP) is 5.69. The molecule has 0 spiro atoms. The fourth-order valence-corrected chi connectivity index (χ4v) is 1.96. The zero-order chi connectivity index (χ0) is 21.8. The first-order chi connectivity index (χ1) is 10.9. The van der Waals surface area contributed by atoms with Gasteiger partial charge in [0.1, 0.15) is 0 Å². The molecule has 15 heteroatoms. The summed E-state index contributed by atoms with van der Waals surface area (Å²) in [7, 11) is 0. The fraction of sp³-hybridized carbons (Fsp3) is 1.00. The Morgan fingerprint density at radius 1 is 0.654 bits per heavy atom. The summed E-state index contributed by atoms with van der Waals surface area (Å²) in [5.41, 5.74) is -2.23. The predicted molar refractivity (Wildman–Crippen MR) is 69.5 cm³/mol. The van der Waals surface area contributed by atoms with E-state index in [0.29, 0.717) is 0 Å². The zero-order valence-corrected chi connectivity index (χ0v) is 14.7. The van der Waals surface area contributed by atoms with Gasteiger partial charge in [-0.15, -0.1) is 0 Å². The lowest BCUT2D eigenvalue weighted by Crippen LogP contribution is -2.70. The lowest BCUT2D eigenvalue weighted by Gasteiger charge is -2.40. The van der Waals surface area contributed by atoms with E-state index in [9.17, 15) is 62.2 Å². The summed E-state index contributed by atoms with van der Waals surface area (Å²) >= 11 is 0.868. The normalized spacial score (nSPS) is 17.4. The molecule has 0 aromatic rings. The Bertz CT molecular complexity index is 505. The molecule has 0 aliphatic rings. The molecule has 0 aromatic carbocycles. The number of halogens is 14. The lowest BCUT2D eigenvalue weighted by molar-refractivity contribution is -0.440. The smallest absolute Gasteiger partial charge is 0.389 e. The maximum Gasteiger partial charge on any atom is 0.460 e. The topological polar surface area (TPSA) is 20.2 Å². The van der Waals surface area contributed by atoms with Crippen LogP contribution in [-0.4, -0.2) is 50.4 Å². The van der Waals surface area contributed by atoms with E-state index in [1.807, 2.05) is 0 Å². The highest BCUT2D eigenvalue weighted by Gasteiger charge is 2.90. The molecule has 0 fully saturated rings. The number of hydrogen-bond donors (Lipinski definition) is 1. The minimum Gasteiger partial charge on any atom is -0.389 e. The van der Waals surface area contributed by atoms with Crippen LogP contribution in [0.5, 0.6) is 0 Å². The summed E-state index contributed by atoms with van der Waals surface area (Å²) in [6, 6.07) is 0. The second-order valence-electron chi connectivity index (χ2n) is 5.83. The molecular weight excluding hydrogens is 522 g/mol. The molecule has 0 saturated heterocycles. The third kappa shape index (κ3) is 3.97. The largest absolute Gasteiger partial charge is 0.460 e. The van der Waals surface area contributed by atoms with Crippen LogP contribution in [0.2, 0.25) is 0 Å². The van der Waals surface area contributed by atoms with Gasteiger partial charge < -0.3 is 5.11 Å². The standard InChI is InChI=1S/C11H10F13IO/c1-5(2,26)4(25)3-6(12,13)7(14,15)8(16,17)9(18,19)10(20,21)11(22,23)24/h4,26H,3H2,1-2H3. The summed E-state index contributed by atoms with van der Waals surface area (Å²) < 4.78 is 165. The molecule has 0 saturated carbocycles. The quantitative estimate of drug-likeness (QED) is 0.254. The van der Waals surface area contributed by atoms with E-state index in [0.717, 1.165) is 36.4 Å². The van der Waals surface area contributed by atoms with Crippen LogP contribution < -0.4 is 0 Å². The minimum absolute atomic E-state index is 0.753. The van der Waals surface area contributed by atoms with Gasteiger partial charge in [-0.3, -0.25) is 0 Å². The van der Waals surface area contributed by atoms with Gasteiger partial charge >= 0.3 is 35.8 Å².